The second-order valence-corrected chi connectivity index (χ2v) is 4.47. The van der Waals surface area contributed by atoms with Crippen LogP contribution in [0.4, 0.5) is 4.39 Å². The van der Waals surface area contributed by atoms with Crippen molar-refractivity contribution in [1.82, 2.24) is 4.90 Å². The smallest absolute Gasteiger partial charge is 0.115 e. The predicted molar refractivity (Wildman–Crippen MR) is 49.7 cm³/mol. The fourth-order valence-electron chi connectivity index (χ4n) is 2.70. The van der Waals surface area contributed by atoms with Gasteiger partial charge >= 0.3 is 0 Å². The third-order valence-corrected chi connectivity index (χ3v) is 3.13. The van der Waals surface area contributed by atoms with Crippen LogP contribution in [0.5, 0.6) is 0 Å². The molecule has 2 aliphatic rings. The summed E-state index contributed by atoms with van der Waals surface area (Å²) in [6.07, 6.45) is -0.000394. The van der Waals surface area contributed by atoms with Crippen molar-refractivity contribution in [2.45, 2.75) is 29.8 Å². The molecule has 13 heavy (non-hydrogen) atoms. The standard InChI is InChI=1S/C8H12B2FNO/c9-8(10)3-7(5-13)1-6(11)2-12(7)4-8/h6,13H,1-5H2. The van der Waals surface area contributed by atoms with Crippen molar-refractivity contribution in [2.24, 2.45) is 0 Å². The Morgan fingerprint density at radius 1 is 1.54 bits per heavy atom. The molecule has 0 aromatic heterocycles. The zero-order valence-corrected chi connectivity index (χ0v) is 7.54. The highest BCUT2D eigenvalue weighted by Gasteiger charge is 2.53. The molecule has 2 atom stereocenters. The second-order valence-electron chi connectivity index (χ2n) is 4.47. The molecule has 2 nitrogen and oxygen atoms in total. The molecule has 2 aliphatic heterocycles. The van der Waals surface area contributed by atoms with E-state index in [1.54, 1.807) is 0 Å². The van der Waals surface area contributed by atoms with Crippen molar-refractivity contribution < 1.29 is 9.50 Å². The van der Waals surface area contributed by atoms with Gasteiger partial charge in [-0.05, 0) is 13.0 Å². The van der Waals surface area contributed by atoms with E-state index < -0.39 is 16.9 Å². The van der Waals surface area contributed by atoms with Crippen LogP contribution in [0.3, 0.4) is 0 Å². The molecule has 2 fully saturated rings. The van der Waals surface area contributed by atoms with Crippen molar-refractivity contribution in [3.8, 4) is 0 Å². The van der Waals surface area contributed by atoms with Gasteiger partial charge in [-0.2, -0.15) is 0 Å². The van der Waals surface area contributed by atoms with E-state index in [2.05, 4.69) is 0 Å². The first-order valence-electron chi connectivity index (χ1n) is 4.55. The van der Waals surface area contributed by atoms with Gasteiger partial charge in [0.25, 0.3) is 0 Å². The minimum atomic E-state index is -0.844. The lowest BCUT2D eigenvalue weighted by Crippen LogP contribution is -2.41. The summed E-state index contributed by atoms with van der Waals surface area (Å²) in [7, 11) is 11.6. The summed E-state index contributed by atoms with van der Waals surface area (Å²) in [5.41, 5.74) is -0.483. The van der Waals surface area contributed by atoms with Crippen molar-refractivity contribution >= 4 is 15.7 Å². The molecule has 0 aliphatic carbocycles. The summed E-state index contributed by atoms with van der Waals surface area (Å²) < 4.78 is 13.1. The van der Waals surface area contributed by atoms with Gasteiger partial charge in [0.15, 0.2) is 0 Å². The fourth-order valence-corrected chi connectivity index (χ4v) is 2.70. The molecule has 0 amide bonds. The highest BCUT2D eigenvalue weighted by Crippen LogP contribution is 2.48. The third kappa shape index (κ3) is 1.42. The van der Waals surface area contributed by atoms with Gasteiger partial charge in [-0.25, -0.2) is 4.39 Å². The van der Waals surface area contributed by atoms with E-state index in [0.29, 0.717) is 25.9 Å². The largest absolute Gasteiger partial charge is 0.394 e. The topological polar surface area (TPSA) is 23.5 Å². The van der Waals surface area contributed by atoms with Crippen molar-refractivity contribution in [1.29, 1.82) is 0 Å². The second kappa shape index (κ2) is 2.73. The predicted octanol–water partition coefficient (Wildman–Crippen LogP) is -0.382. The molecule has 2 unspecified atom stereocenters. The molecule has 68 valence electrons. The van der Waals surface area contributed by atoms with Crippen molar-refractivity contribution in [3.63, 3.8) is 0 Å². The molecule has 2 heterocycles. The molecule has 2 saturated heterocycles. The summed E-state index contributed by atoms with van der Waals surface area (Å²) in [6.45, 7) is 0.786. The molecule has 0 saturated carbocycles. The number of halogens is 1. The number of aliphatic hydroxyl groups excluding tert-OH is 1. The highest BCUT2D eigenvalue weighted by molar-refractivity contribution is 6.40. The number of nitrogens with zero attached hydrogens (tertiary/aromatic N) is 1. The lowest BCUT2D eigenvalue weighted by Gasteiger charge is -2.29. The molecule has 5 heteroatoms. The summed E-state index contributed by atoms with van der Waals surface area (Å²) in [5, 5.41) is 8.50. The van der Waals surface area contributed by atoms with Crippen LogP contribution in [-0.2, 0) is 0 Å². The molecular formula is C8H12B2FNO. The monoisotopic (exact) mass is 179 g/mol. The number of aliphatic hydroxyl groups is 1. The van der Waals surface area contributed by atoms with Gasteiger partial charge in [0, 0.05) is 18.5 Å². The third-order valence-electron chi connectivity index (χ3n) is 3.13. The minimum Gasteiger partial charge on any atom is -0.394 e. The van der Waals surface area contributed by atoms with Gasteiger partial charge in [-0.15, -0.1) is 0 Å². The fraction of sp³-hybridized carbons (Fsp3) is 1.00. The Hall–Kier alpha value is -0.0201. The van der Waals surface area contributed by atoms with Crippen LogP contribution in [0.2, 0.25) is 5.21 Å². The van der Waals surface area contributed by atoms with E-state index in [1.807, 2.05) is 4.90 Å². The lowest BCUT2D eigenvalue weighted by atomic mass is 9.52. The number of rotatable bonds is 1. The van der Waals surface area contributed by atoms with Crippen LogP contribution in [0, 0.1) is 0 Å². The van der Waals surface area contributed by atoms with Crippen LogP contribution in [0.25, 0.3) is 0 Å². The first kappa shape index (κ1) is 9.53. The average Bonchev–Trinajstić information content (AvgIpc) is 2.36. The zero-order chi connectivity index (χ0) is 9.69. The first-order chi connectivity index (χ1) is 5.97. The Morgan fingerprint density at radius 2 is 2.23 bits per heavy atom. The maximum Gasteiger partial charge on any atom is 0.115 e. The molecule has 0 spiro atoms. The van der Waals surface area contributed by atoms with Gasteiger partial charge in [0.1, 0.15) is 6.17 Å². The zero-order valence-electron chi connectivity index (χ0n) is 7.54. The van der Waals surface area contributed by atoms with Crippen LogP contribution in [0.15, 0.2) is 0 Å². The van der Waals surface area contributed by atoms with E-state index in [4.69, 9.17) is 15.7 Å². The Kier molecular flexibility index (Phi) is 2.01. The van der Waals surface area contributed by atoms with E-state index in [0.717, 1.165) is 0 Å². The Morgan fingerprint density at radius 3 is 2.77 bits per heavy atom. The van der Waals surface area contributed by atoms with Gasteiger partial charge in [-0.1, -0.05) is 5.21 Å². The summed E-state index contributed by atoms with van der Waals surface area (Å²) in [5.74, 6) is 0. The van der Waals surface area contributed by atoms with Crippen molar-refractivity contribution in [2.75, 3.05) is 19.7 Å². The van der Waals surface area contributed by atoms with Crippen LogP contribution in [0.1, 0.15) is 12.8 Å². The number of hydrogen-bond donors (Lipinski definition) is 1. The first-order valence-corrected chi connectivity index (χ1v) is 4.55. The highest BCUT2D eigenvalue weighted by atomic mass is 19.1. The van der Waals surface area contributed by atoms with Gasteiger partial charge in [0.2, 0.25) is 0 Å². The quantitative estimate of drug-likeness (QED) is 0.554. The minimum absolute atomic E-state index is 0.0520. The molecule has 1 N–H and O–H groups in total. The molecular weight excluding hydrogens is 167 g/mol. The molecule has 0 bridgehead atoms. The number of fused-ring (bicyclic) bond motifs is 1. The summed E-state index contributed by atoms with van der Waals surface area (Å²) >= 11 is 0. The van der Waals surface area contributed by atoms with Crippen LogP contribution < -0.4 is 0 Å². The van der Waals surface area contributed by atoms with E-state index in [-0.39, 0.29) is 6.61 Å². The molecule has 0 aromatic carbocycles. The Labute approximate surface area is 80.3 Å². The summed E-state index contributed by atoms with van der Waals surface area (Å²) in [6, 6.07) is 0. The van der Waals surface area contributed by atoms with Gasteiger partial charge in [0.05, 0.1) is 22.3 Å². The van der Waals surface area contributed by atoms with E-state index in [1.165, 1.54) is 0 Å². The Bertz CT molecular complexity index is 226. The lowest BCUT2D eigenvalue weighted by molar-refractivity contribution is 0.0996. The number of alkyl halides is 1. The van der Waals surface area contributed by atoms with Crippen LogP contribution in [-0.4, -0.2) is 57.1 Å². The molecule has 0 aromatic rings. The summed E-state index contributed by atoms with van der Waals surface area (Å²) in [4.78, 5) is 1.89. The van der Waals surface area contributed by atoms with Gasteiger partial charge in [-0.3, -0.25) is 4.90 Å². The van der Waals surface area contributed by atoms with E-state index in [9.17, 15) is 9.50 Å². The van der Waals surface area contributed by atoms with E-state index >= 15 is 0 Å². The maximum atomic E-state index is 13.1. The van der Waals surface area contributed by atoms with Crippen LogP contribution >= 0.6 is 0 Å². The van der Waals surface area contributed by atoms with Gasteiger partial charge < -0.3 is 5.11 Å². The maximum absolute atomic E-state index is 13.1. The van der Waals surface area contributed by atoms with Crippen molar-refractivity contribution in [3.05, 3.63) is 0 Å². The Balaban J connectivity index is 2.20. The average molecular weight is 179 g/mol. The molecule has 2 rings (SSSR count). The molecule has 4 radical (unpaired) electrons. The normalized spacial score (nSPS) is 43.7. The number of hydrogen-bond acceptors (Lipinski definition) is 2. The SMILES string of the molecule is [B]C1([B])CN2CC(F)CC2(CO)C1.